The molecule has 1 aromatic heterocycles. The Bertz CT molecular complexity index is 464. The molecule has 1 N–H and O–H groups in total. The molecule has 1 aromatic rings. The molecule has 1 heterocycles. The van der Waals surface area contributed by atoms with Crippen molar-refractivity contribution >= 4 is 21.6 Å². The highest BCUT2D eigenvalue weighted by molar-refractivity contribution is 7.89. The first-order valence-corrected chi connectivity index (χ1v) is 7.43. The van der Waals surface area contributed by atoms with Gasteiger partial charge in [0.1, 0.15) is 5.82 Å². The van der Waals surface area contributed by atoms with Gasteiger partial charge in [-0.1, -0.05) is 6.92 Å². The number of nitrogens with one attached hydrogen (secondary N) is 1. The van der Waals surface area contributed by atoms with E-state index in [1.807, 2.05) is 0 Å². The van der Waals surface area contributed by atoms with Crippen molar-refractivity contribution in [1.82, 2.24) is 14.7 Å². The van der Waals surface area contributed by atoms with E-state index in [0.717, 1.165) is 0 Å². The minimum atomic E-state index is -3.30. The predicted molar refractivity (Wildman–Crippen MR) is 67.3 cm³/mol. The fraction of sp³-hybridized carbons (Fsp3) is 0.600. The van der Waals surface area contributed by atoms with Gasteiger partial charge >= 0.3 is 0 Å². The van der Waals surface area contributed by atoms with E-state index in [1.165, 1.54) is 0 Å². The zero-order valence-electron chi connectivity index (χ0n) is 9.85. The molecule has 0 fully saturated rings. The number of nitrogens with zero attached hydrogens (tertiary/aromatic N) is 2. The lowest BCUT2D eigenvalue weighted by Gasteiger charge is -2.09. The first-order chi connectivity index (χ1) is 7.93. The summed E-state index contributed by atoms with van der Waals surface area (Å²) in [7, 11) is -3.30. The Morgan fingerprint density at radius 3 is 2.82 bits per heavy atom. The van der Waals surface area contributed by atoms with Gasteiger partial charge in [0.2, 0.25) is 10.0 Å². The number of hydrogen-bond donors (Lipinski definition) is 1. The van der Waals surface area contributed by atoms with Crippen LogP contribution in [0, 0.1) is 12.8 Å². The summed E-state index contributed by atoms with van der Waals surface area (Å²) in [5.41, 5.74) is 0.652. The molecule has 5 nitrogen and oxygen atoms in total. The maximum absolute atomic E-state index is 11.6. The molecule has 0 bridgehead atoms. The summed E-state index contributed by atoms with van der Waals surface area (Å²) in [4.78, 5) is 8.05. The molecular formula is C10H16ClN3O2S. The van der Waals surface area contributed by atoms with Crippen molar-refractivity contribution < 1.29 is 8.42 Å². The molecule has 0 radical (unpaired) electrons. The number of alkyl halides is 1. The molecule has 0 saturated carbocycles. The summed E-state index contributed by atoms with van der Waals surface area (Å²) in [5.74, 6) is 0.908. The summed E-state index contributed by atoms with van der Waals surface area (Å²) in [6.07, 6.45) is 1.60. The van der Waals surface area contributed by atoms with E-state index >= 15 is 0 Å². The van der Waals surface area contributed by atoms with Crippen molar-refractivity contribution in [3.8, 4) is 0 Å². The maximum atomic E-state index is 11.6. The van der Waals surface area contributed by atoms with Crippen molar-refractivity contribution in [3.05, 3.63) is 23.8 Å². The lowest BCUT2D eigenvalue weighted by molar-refractivity contribution is 0.567. The minimum Gasteiger partial charge on any atom is -0.242 e. The topological polar surface area (TPSA) is 72.0 Å². The molecule has 0 aliphatic rings. The smallest absolute Gasteiger partial charge is 0.212 e. The van der Waals surface area contributed by atoms with Crippen LogP contribution in [0.25, 0.3) is 0 Å². The van der Waals surface area contributed by atoms with Crippen LogP contribution in [-0.4, -0.2) is 30.0 Å². The van der Waals surface area contributed by atoms with Crippen LogP contribution in [0.4, 0.5) is 0 Å². The average Bonchev–Trinajstić information content (AvgIpc) is 2.26. The van der Waals surface area contributed by atoms with Gasteiger partial charge in [-0.05, 0) is 18.9 Å². The van der Waals surface area contributed by atoms with Crippen LogP contribution in [0.3, 0.4) is 0 Å². The third kappa shape index (κ3) is 5.43. The number of aryl methyl sites for hydroxylation is 1. The minimum absolute atomic E-state index is 0.0283. The molecule has 0 aliphatic heterocycles. The van der Waals surface area contributed by atoms with E-state index in [1.54, 1.807) is 26.1 Å². The van der Waals surface area contributed by atoms with Gasteiger partial charge in [-0.3, -0.25) is 0 Å². The molecule has 0 amide bonds. The van der Waals surface area contributed by atoms with E-state index in [-0.39, 0.29) is 18.2 Å². The van der Waals surface area contributed by atoms with E-state index < -0.39 is 10.0 Å². The van der Waals surface area contributed by atoms with Gasteiger partial charge in [-0.2, -0.15) is 0 Å². The van der Waals surface area contributed by atoms with Crippen molar-refractivity contribution in [1.29, 1.82) is 0 Å². The molecule has 0 aliphatic carbocycles. The van der Waals surface area contributed by atoms with Crippen LogP contribution < -0.4 is 4.72 Å². The second-order valence-corrected chi connectivity index (χ2v) is 6.12. The van der Waals surface area contributed by atoms with Crippen LogP contribution in [0.15, 0.2) is 12.3 Å². The highest BCUT2D eigenvalue weighted by Gasteiger charge is 2.14. The summed E-state index contributed by atoms with van der Waals surface area (Å²) in [6, 6.07) is 1.68. The maximum Gasteiger partial charge on any atom is 0.212 e. The monoisotopic (exact) mass is 277 g/mol. The van der Waals surface area contributed by atoms with Crippen LogP contribution in [-0.2, 0) is 16.6 Å². The summed E-state index contributed by atoms with van der Waals surface area (Å²) < 4.78 is 25.8. The van der Waals surface area contributed by atoms with Gasteiger partial charge in [0, 0.05) is 12.1 Å². The molecule has 1 atom stereocenters. The highest BCUT2D eigenvalue weighted by atomic mass is 35.5. The lowest BCUT2D eigenvalue weighted by atomic mass is 10.3. The summed E-state index contributed by atoms with van der Waals surface area (Å²) in [6.45, 7) is 3.73. The lowest BCUT2D eigenvalue weighted by Crippen LogP contribution is -2.29. The fourth-order valence-corrected chi connectivity index (χ4v) is 2.86. The molecule has 0 spiro atoms. The van der Waals surface area contributed by atoms with Crippen LogP contribution >= 0.6 is 11.6 Å². The van der Waals surface area contributed by atoms with Gasteiger partial charge in [-0.25, -0.2) is 23.1 Å². The number of aromatic nitrogens is 2. The van der Waals surface area contributed by atoms with E-state index in [9.17, 15) is 8.42 Å². The number of sulfonamides is 1. The molecule has 96 valence electrons. The average molecular weight is 278 g/mol. The summed E-state index contributed by atoms with van der Waals surface area (Å²) >= 11 is 5.58. The molecule has 17 heavy (non-hydrogen) atoms. The third-order valence-electron chi connectivity index (χ3n) is 2.07. The predicted octanol–water partition coefficient (Wildman–Crippen LogP) is 1.08. The van der Waals surface area contributed by atoms with Crippen molar-refractivity contribution in [2.45, 2.75) is 20.4 Å². The Kier molecular flexibility index (Phi) is 5.30. The van der Waals surface area contributed by atoms with Crippen LogP contribution in [0.5, 0.6) is 0 Å². The number of rotatable bonds is 6. The fourth-order valence-electron chi connectivity index (χ4n) is 1.27. The first-order valence-electron chi connectivity index (χ1n) is 5.25. The van der Waals surface area contributed by atoms with Crippen LogP contribution in [0.2, 0.25) is 0 Å². The second kappa shape index (κ2) is 6.28. The van der Waals surface area contributed by atoms with Crippen molar-refractivity contribution in [3.63, 3.8) is 0 Å². The highest BCUT2D eigenvalue weighted by Crippen LogP contribution is 2.03. The standard InChI is InChI=1S/C10H16ClN3O2S/c1-8(5-11)7-17(15,16)13-6-10-3-4-12-9(2)14-10/h3-4,8,13H,5-7H2,1-2H3. The largest absolute Gasteiger partial charge is 0.242 e. The molecule has 1 rings (SSSR count). The van der Waals surface area contributed by atoms with Gasteiger partial charge < -0.3 is 0 Å². The van der Waals surface area contributed by atoms with Gasteiger partial charge in [-0.15, -0.1) is 11.6 Å². The first kappa shape index (κ1) is 14.3. The van der Waals surface area contributed by atoms with E-state index in [4.69, 9.17) is 11.6 Å². The number of hydrogen-bond acceptors (Lipinski definition) is 4. The van der Waals surface area contributed by atoms with Gasteiger partial charge in [0.15, 0.2) is 0 Å². The Morgan fingerprint density at radius 1 is 1.53 bits per heavy atom. The second-order valence-electron chi connectivity index (χ2n) is 3.96. The van der Waals surface area contributed by atoms with Crippen LogP contribution in [0.1, 0.15) is 18.4 Å². The molecule has 7 heteroatoms. The Labute approximate surface area is 107 Å². The van der Waals surface area contributed by atoms with Gasteiger partial charge in [0.05, 0.1) is 18.0 Å². The quantitative estimate of drug-likeness (QED) is 0.790. The zero-order chi connectivity index (χ0) is 12.9. The normalized spacial score (nSPS) is 13.6. The summed E-state index contributed by atoms with van der Waals surface area (Å²) in [5, 5.41) is 0. The Balaban J connectivity index is 2.55. The molecule has 1 unspecified atom stereocenters. The van der Waals surface area contributed by atoms with E-state index in [0.29, 0.717) is 17.4 Å². The molecular weight excluding hydrogens is 262 g/mol. The number of halogens is 1. The van der Waals surface area contributed by atoms with Crippen molar-refractivity contribution in [2.24, 2.45) is 5.92 Å². The SMILES string of the molecule is Cc1nccc(CNS(=O)(=O)CC(C)CCl)n1. The Hall–Kier alpha value is -0.720. The van der Waals surface area contributed by atoms with E-state index in [2.05, 4.69) is 14.7 Å². The third-order valence-corrected chi connectivity index (χ3v) is 4.19. The molecule has 0 aromatic carbocycles. The molecule has 0 saturated heterocycles. The van der Waals surface area contributed by atoms with Crippen molar-refractivity contribution in [2.75, 3.05) is 11.6 Å². The van der Waals surface area contributed by atoms with Gasteiger partial charge in [0.25, 0.3) is 0 Å². The Morgan fingerprint density at radius 2 is 2.24 bits per heavy atom. The zero-order valence-corrected chi connectivity index (χ0v) is 11.4.